The number of fused-ring (bicyclic) bond motifs is 2. The molecule has 2 bridgehead atoms. The van der Waals surface area contributed by atoms with Crippen molar-refractivity contribution >= 4 is 17.5 Å². The third-order valence-electron chi connectivity index (χ3n) is 3.91. The average Bonchev–Trinajstić information content (AvgIpc) is 3.05. The SMILES string of the molecule is O=C(OC1C2CCC(C2)C1OS(=O)O)n1ccnc1. The maximum Gasteiger partial charge on any atom is 0.419 e. The summed E-state index contributed by atoms with van der Waals surface area (Å²) in [7, 11) is 0. The van der Waals surface area contributed by atoms with E-state index in [9.17, 15) is 9.00 Å². The summed E-state index contributed by atoms with van der Waals surface area (Å²) in [5.41, 5.74) is 0. The number of ether oxygens (including phenoxy) is 1. The Morgan fingerprint density at radius 1 is 1.37 bits per heavy atom. The maximum absolute atomic E-state index is 11.9. The zero-order valence-corrected chi connectivity index (χ0v) is 10.9. The summed E-state index contributed by atoms with van der Waals surface area (Å²) in [6, 6.07) is 0. The fourth-order valence-electron chi connectivity index (χ4n) is 3.12. The fourth-order valence-corrected chi connectivity index (χ4v) is 3.58. The van der Waals surface area contributed by atoms with Gasteiger partial charge in [0.1, 0.15) is 18.5 Å². The second kappa shape index (κ2) is 5.03. The predicted octanol–water partition coefficient (Wildman–Crippen LogP) is 1.19. The molecule has 2 saturated carbocycles. The molecule has 1 N–H and O–H groups in total. The molecular weight excluding hydrogens is 272 g/mol. The number of rotatable bonds is 3. The molecule has 0 spiro atoms. The molecule has 2 fully saturated rings. The highest BCUT2D eigenvalue weighted by Crippen LogP contribution is 2.47. The quantitative estimate of drug-likeness (QED) is 0.839. The topological polar surface area (TPSA) is 90.6 Å². The Morgan fingerprint density at radius 2 is 2.11 bits per heavy atom. The molecule has 8 heteroatoms. The molecule has 0 aromatic carbocycles. The highest BCUT2D eigenvalue weighted by atomic mass is 32.2. The third kappa shape index (κ3) is 2.43. The first-order valence-corrected chi connectivity index (χ1v) is 7.15. The van der Waals surface area contributed by atoms with E-state index in [0.717, 1.165) is 19.3 Å². The van der Waals surface area contributed by atoms with Gasteiger partial charge < -0.3 is 4.74 Å². The van der Waals surface area contributed by atoms with Gasteiger partial charge in [0.05, 0.1) is 0 Å². The van der Waals surface area contributed by atoms with Crippen molar-refractivity contribution in [1.82, 2.24) is 9.55 Å². The van der Waals surface area contributed by atoms with Gasteiger partial charge in [0, 0.05) is 12.4 Å². The molecule has 1 aromatic heterocycles. The van der Waals surface area contributed by atoms with Gasteiger partial charge in [0.15, 0.2) is 0 Å². The Labute approximate surface area is 112 Å². The normalized spacial score (nSPS) is 34.4. The molecule has 2 aliphatic rings. The molecule has 2 aliphatic carbocycles. The lowest BCUT2D eigenvalue weighted by Crippen LogP contribution is -2.39. The van der Waals surface area contributed by atoms with Crippen molar-refractivity contribution in [3.8, 4) is 0 Å². The highest BCUT2D eigenvalue weighted by molar-refractivity contribution is 7.74. The number of hydrogen-bond donors (Lipinski definition) is 1. The minimum Gasteiger partial charge on any atom is -0.442 e. The molecule has 0 amide bonds. The summed E-state index contributed by atoms with van der Waals surface area (Å²) < 4.78 is 31.3. The highest BCUT2D eigenvalue weighted by Gasteiger charge is 2.51. The van der Waals surface area contributed by atoms with Gasteiger partial charge in [0.25, 0.3) is 0 Å². The lowest BCUT2D eigenvalue weighted by molar-refractivity contribution is -0.0121. The van der Waals surface area contributed by atoms with Crippen molar-refractivity contribution in [2.75, 3.05) is 0 Å². The van der Waals surface area contributed by atoms with Gasteiger partial charge in [0.2, 0.25) is 0 Å². The summed E-state index contributed by atoms with van der Waals surface area (Å²) in [6.45, 7) is 0. The smallest absolute Gasteiger partial charge is 0.419 e. The van der Waals surface area contributed by atoms with Gasteiger partial charge in [-0.05, 0) is 31.1 Å². The zero-order chi connectivity index (χ0) is 13.4. The van der Waals surface area contributed by atoms with Gasteiger partial charge in [-0.15, -0.1) is 0 Å². The van der Waals surface area contributed by atoms with Crippen molar-refractivity contribution in [2.45, 2.75) is 31.5 Å². The first kappa shape index (κ1) is 12.8. The van der Waals surface area contributed by atoms with Crippen LogP contribution in [0.3, 0.4) is 0 Å². The van der Waals surface area contributed by atoms with E-state index in [2.05, 4.69) is 4.98 Å². The molecule has 5 atom stereocenters. The maximum atomic E-state index is 11.9. The number of hydrogen-bond acceptors (Lipinski definition) is 5. The predicted molar refractivity (Wildman–Crippen MR) is 64.4 cm³/mol. The second-order valence-corrected chi connectivity index (χ2v) is 5.56. The van der Waals surface area contributed by atoms with Crippen LogP contribution < -0.4 is 0 Å². The van der Waals surface area contributed by atoms with Crippen LogP contribution in [0, 0.1) is 11.8 Å². The van der Waals surface area contributed by atoms with Gasteiger partial charge in [-0.3, -0.25) is 8.74 Å². The molecule has 3 rings (SSSR count). The molecule has 5 unspecified atom stereocenters. The van der Waals surface area contributed by atoms with E-state index in [0.29, 0.717) is 0 Å². The molecular formula is C11H14N2O5S. The van der Waals surface area contributed by atoms with Crippen LogP contribution in [0.25, 0.3) is 0 Å². The van der Waals surface area contributed by atoms with E-state index < -0.39 is 29.7 Å². The molecule has 1 aromatic rings. The molecule has 104 valence electrons. The Balaban J connectivity index is 1.71. The van der Waals surface area contributed by atoms with Gasteiger partial charge in [-0.25, -0.2) is 14.3 Å². The molecule has 1 heterocycles. The van der Waals surface area contributed by atoms with Crippen molar-refractivity contribution < 1.29 is 22.5 Å². The number of nitrogens with zero attached hydrogens (tertiary/aromatic N) is 2. The minimum atomic E-state index is -2.34. The van der Waals surface area contributed by atoms with Crippen LogP contribution in [0.2, 0.25) is 0 Å². The number of imidazole rings is 1. The summed E-state index contributed by atoms with van der Waals surface area (Å²) in [6.07, 6.45) is 5.65. The Morgan fingerprint density at radius 3 is 2.74 bits per heavy atom. The van der Waals surface area contributed by atoms with Crippen LogP contribution in [0.1, 0.15) is 19.3 Å². The molecule has 19 heavy (non-hydrogen) atoms. The van der Waals surface area contributed by atoms with Crippen LogP contribution in [0.5, 0.6) is 0 Å². The lowest BCUT2D eigenvalue weighted by atomic mass is 9.95. The third-order valence-corrected chi connectivity index (χ3v) is 4.30. The second-order valence-electron chi connectivity index (χ2n) is 4.93. The Hall–Kier alpha value is -1.25. The van der Waals surface area contributed by atoms with E-state index in [1.54, 1.807) is 0 Å². The molecule has 7 nitrogen and oxygen atoms in total. The summed E-state index contributed by atoms with van der Waals surface area (Å²) in [5, 5.41) is 0. The van der Waals surface area contributed by atoms with Crippen molar-refractivity contribution in [3.05, 3.63) is 18.7 Å². The van der Waals surface area contributed by atoms with Crippen molar-refractivity contribution in [2.24, 2.45) is 11.8 Å². The summed E-state index contributed by atoms with van der Waals surface area (Å²) in [4.78, 5) is 15.7. The number of carbonyl (C=O) groups is 1. The van der Waals surface area contributed by atoms with Gasteiger partial charge in [-0.2, -0.15) is 4.21 Å². The van der Waals surface area contributed by atoms with Crippen LogP contribution in [0.15, 0.2) is 18.7 Å². The van der Waals surface area contributed by atoms with Crippen LogP contribution >= 0.6 is 0 Å². The Bertz CT molecular complexity index is 491. The largest absolute Gasteiger partial charge is 0.442 e. The fraction of sp³-hybridized carbons (Fsp3) is 0.636. The van der Waals surface area contributed by atoms with E-state index >= 15 is 0 Å². The zero-order valence-electron chi connectivity index (χ0n) is 10.0. The van der Waals surface area contributed by atoms with Gasteiger partial charge >= 0.3 is 17.5 Å². The number of aromatic nitrogens is 2. The number of carbonyl (C=O) groups excluding carboxylic acids is 1. The average molecular weight is 286 g/mol. The minimum absolute atomic E-state index is 0.196. The summed E-state index contributed by atoms with van der Waals surface area (Å²) >= 11 is -2.34. The summed E-state index contributed by atoms with van der Waals surface area (Å²) in [5.74, 6) is 0.410. The monoisotopic (exact) mass is 286 g/mol. The van der Waals surface area contributed by atoms with E-state index in [4.69, 9.17) is 13.5 Å². The van der Waals surface area contributed by atoms with Crippen molar-refractivity contribution in [3.63, 3.8) is 0 Å². The molecule has 0 saturated heterocycles. The van der Waals surface area contributed by atoms with Crippen LogP contribution in [-0.2, 0) is 20.3 Å². The van der Waals surface area contributed by atoms with E-state index in [1.165, 1.54) is 23.3 Å². The Kier molecular flexibility index (Phi) is 3.38. The molecule has 0 aliphatic heterocycles. The first-order valence-electron chi connectivity index (χ1n) is 6.12. The lowest BCUT2D eigenvalue weighted by Gasteiger charge is -2.28. The van der Waals surface area contributed by atoms with E-state index in [-0.39, 0.29) is 11.8 Å². The van der Waals surface area contributed by atoms with E-state index in [1.807, 2.05) is 0 Å². The standard InChI is InChI=1S/C11H14N2O5S/c14-11(13-4-3-12-6-13)17-9-7-1-2-8(5-7)10(9)18-19(15)16/h3-4,6-10H,1-2,5H2,(H,15,16). The van der Waals surface area contributed by atoms with Crippen LogP contribution in [-0.4, -0.2) is 36.6 Å². The van der Waals surface area contributed by atoms with Crippen LogP contribution in [0.4, 0.5) is 4.79 Å². The van der Waals surface area contributed by atoms with Crippen molar-refractivity contribution in [1.29, 1.82) is 0 Å². The first-order chi connectivity index (χ1) is 9.15. The molecule has 0 radical (unpaired) electrons. The van der Waals surface area contributed by atoms with Gasteiger partial charge in [-0.1, -0.05) is 0 Å².